The molecule has 1 aromatic rings. The summed E-state index contributed by atoms with van der Waals surface area (Å²) in [5.41, 5.74) is 1.75. The van der Waals surface area contributed by atoms with E-state index < -0.39 is 5.60 Å². The summed E-state index contributed by atoms with van der Waals surface area (Å²) >= 11 is 3.40. The van der Waals surface area contributed by atoms with E-state index in [2.05, 4.69) is 15.9 Å². The molecule has 1 rings (SSSR count). The number of benzene rings is 1. The normalized spacial score (nSPS) is 12.4. The molecule has 1 N–H and O–H groups in total. The molecule has 1 aromatic carbocycles. The van der Waals surface area contributed by atoms with Gasteiger partial charge in [-0.15, -0.1) is 0 Å². The van der Waals surface area contributed by atoms with E-state index in [4.69, 9.17) is 0 Å². The van der Waals surface area contributed by atoms with Crippen LogP contribution < -0.4 is 0 Å². The molecule has 19 heavy (non-hydrogen) atoms. The topological polar surface area (TPSA) is 40.5 Å². The summed E-state index contributed by atoms with van der Waals surface area (Å²) in [6.45, 7) is 6.03. The van der Waals surface area contributed by atoms with Crippen LogP contribution in [0.25, 0.3) is 6.08 Å². The van der Waals surface area contributed by atoms with Crippen LogP contribution in [0.1, 0.15) is 36.7 Å². The summed E-state index contributed by atoms with van der Waals surface area (Å²) in [6, 6.07) is 5.54. The monoisotopic (exact) mass is 325 g/mol. The summed E-state index contributed by atoms with van der Waals surface area (Å²) in [6.07, 6.45) is 2.79. The van der Waals surface area contributed by atoms with Gasteiger partial charge in [-0.2, -0.15) is 0 Å². The molecular weight excluding hydrogens is 306 g/mol. The van der Waals surface area contributed by atoms with Gasteiger partial charge < -0.3 is 10.0 Å². The van der Waals surface area contributed by atoms with Gasteiger partial charge in [0.15, 0.2) is 6.29 Å². The van der Waals surface area contributed by atoms with Crippen LogP contribution in [-0.4, -0.2) is 35.5 Å². The van der Waals surface area contributed by atoms with Gasteiger partial charge in [-0.3, -0.25) is 4.79 Å². The molecule has 0 saturated heterocycles. The van der Waals surface area contributed by atoms with Crippen molar-refractivity contribution >= 4 is 28.3 Å². The standard InChI is InChI=1S/C15H20BrNO2/c1-11(17(4)10-15(2,3)19)7-13-8-14(16)6-5-12(13)9-18/h5-9,19H,10H2,1-4H3/b11-7-. The predicted octanol–water partition coefficient (Wildman–Crippen LogP) is 3.33. The van der Waals surface area contributed by atoms with Crippen molar-refractivity contribution in [1.82, 2.24) is 4.90 Å². The maximum atomic E-state index is 11.0. The Labute approximate surface area is 123 Å². The SMILES string of the molecule is C/C(=C/c1cc(Br)ccc1C=O)N(C)CC(C)(C)O. The van der Waals surface area contributed by atoms with Crippen LogP contribution in [0.3, 0.4) is 0 Å². The first-order chi connectivity index (χ1) is 8.73. The van der Waals surface area contributed by atoms with E-state index in [-0.39, 0.29) is 0 Å². The largest absolute Gasteiger partial charge is 0.389 e. The number of nitrogens with zero attached hydrogens (tertiary/aromatic N) is 1. The van der Waals surface area contributed by atoms with Crippen LogP contribution in [0.15, 0.2) is 28.4 Å². The molecule has 0 saturated carbocycles. The second-order valence-corrected chi connectivity index (χ2v) is 6.26. The van der Waals surface area contributed by atoms with Crippen LogP contribution >= 0.6 is 15.9 Å². The number of likely N-dealkylation sites (N-methyl/N-ethyl adjacent to an activating group) is 1. The van der Waals surface area contributed by atoms with Crippen molar-refractivity contribution < 1.29 is 9.90 Å². The van der Waals surface area contributed by atoms with Crippen molar-refractivity contribution in [3.8, 4) is 0 Å². The molecule has 0 fully saturated rings. The molecule has 0 amide bonds. The fraction of sp³-hybridized carbons (Fsp3) is 0.400. The third kappa shape index (κ3) is 5.17. The Bertz CT molecular complexity index is 489. The third-order valence-corrected chi connectivity index (χ3v) is 3.26. The van der Waals surface area contributed by atoms with Crippen molar-refractivity contribution in [3.63, 3.8) is 0 Å². The zero-order valence-corrected chi connectivity index (χ0v) is 13.4. The van der Waals surface area contributed by atoms with Gasteiger partial charge in [0.1, 0.15) is 0 Å². The summed E-state index contributed by atoms with van der Waals surface area (Å²) in [4.78, 5) is 13.0. The quantitative estimate of drug-likeness (QED) is 0.844. The van der Waals surface area contributed by atoms with Gasteiger partial charge in [-0.1, -0.05) is 15.9 Å². The van der Waals surface area contributed by atoms with Crippen molar-refractivity contribution in [3.05, 3.63) is 39.5 Å². The van der Waals surface area contributed by atoms with Gasteiger partial charge >= 0.3 is 0 Å². The Kier molecular flexibility index (Phi) is 5.32. The zero-order chi connectivity index (χ0) is 14.6. The Morgan fingerprint density at radius 3 is 2.58 bits per heavy atom. The van der Waals surface area contributed by atoms with Gasteiger partial charge in [0.25, 0.3) is 0 Å². The maximum absolute atomic E-state index is 11.0. The molecule has 0 aliphatic rings. The molecule has 0 aromatic heterocycles. The minimum absolute atomic E-state index is 0.528. The number of halogens is 1. The molecule has 0 unspecified atom stereocenters. The Morgan fingerprint density at radius 2 is 2.05 bits per heavy atom. The van der Waals surface area contributed by atoms with Crippen LogP contribution in [0, 0.1) is 0 Å². The van der Waals surface area contributed by atoms with E-state index in [1.165, 1.54) is 0 Å². The third-order valence-electron chi connectivity index (χ3n) is 2.77. The minimum Gasteiger partial charge on any atom is -0.389 e. The summed E-state index contributed by atoms with van der Waals surface area (Å²) in [5, 5.41) is 9.82. The number of hydrogen-bond acceptors (Lipinski definition) is 3. The van der Waals surface area contributed by atoms with Gasteiger partial charge in [0.2, 0.25) is 0 Å². The van der Waals surface area contributed by atoms with Crippen LogP contribution in [0.4, 0.5) is 0 Å². The van der Waals surface area contributed by atoms with Crippen molar-refractivity contribution in [1.29, 1.82) is 0 Å². The van der Waals surface area contributed by atoms with Gasteiger partial charge in [-0.05, 0) is 50.6 Å². The van der Waals surface area contributed by atoms with E-state index in [1.54, 1.807) is 19.9 Å². The summed E-state index contributed by atoms with van der Waals surface area (Å²) in [7, 11) is 1.92. The molecule has 104 valence electrons. The van der Waals surface area contributed by atoms with Crippen molar-refractivity contribution in [2.45, 2.75) is 26.4 Å². The van der Waals surface area contributed by atoms with Crippen molar-refractivity contribution in [2.75, 3.05) is 13.6 Å². The van der Waals surface area contributed by atoms with Crippen LogP contribution in [0.2, 0.25) is 0 Å². The number of carbonyl (C=O) groups excluding carboxylic acids is 1. The minimum atomic E-state index is -0.755. The first-order valence-corrected chi connectivity index (χ1v) is 6.89. The Morgan fingerprint density at radius 1 is 1.42 bits per heavy atom. The lowest BCUT2D eigenvalue weighted by Gasteiger charge is -2.27. The molecule has 0 heterocycles. The molecule has 0 spiro atoms. The molecule has 3 nitrogen and oxygen atoms in total. The Balaban J connectivity index is 3.01. The highest BCUT2D eigenvalue weighted by Gasteiger charge is 2.15. The van der Waals surface area contributed by atoms with E-state index in [9.17, 15) is 9.90 Å². The number of carbonyl (C=O) groups is 1. The zero-order valence-electron chi connectivity index (χ0n) is 11.8. The fourth-order valence-corrected chi connectivity index (χ4v) is 2.20. The predicted molar refractivity (Wildman–Crippen MR) is 82.1 cm³/mol. The smallest absolute Gasteiger partial charge is 0.150 e. The molecule has 0 bridgehead atoms. The number of hydrogen-bond donors (Lipinski definition) is 1. The van der Waals surface area contributed by atoms with Crippen LogP contribution in [-0.2, 0) is 0 Å². The summed E-state index contributed by atoms with van der Waals surface area (Å²) < 4.78 is 0.933. The fourth-order valence-electron chi connectivity index (χ4n) is 1.82. The molecule has 0 atom stereocenters. The van der Waals surface area contributed by atoms with Gasteiger partial charge in [-0.25, -0.2) is 0 Å². The lowest BCUT2D eigenvalue weighted by molar-refractivity contribution is 0.0540. The highest BCUT2D eigenvalue weighted by Crippen LogP contribution is 2.19. The number of rotatable bonds is 5. The molecule has 0 aliphatic carbocycles. The maximum Gasteiger partial charge on any atom is 0.150 e. The van der Waals surface area contributed by atoms with E-state index in [0.717, 1.165) is 22.0 Å². The second kappa shape index (κ2) is 6.35. The molecule has 4 heteroatoms. The van der Waals surface area contributed by atoms with Crippen molar-refractivity contribution in [2.24, 2.45) is 0 Å². The molecule has 0 aliphatic heterocycles. The lowest BCUT2D eigenvalue weighted by atomic mass is 10.1. The first kappa shape index (κ1) is 15.9. The average Bonchev–Trinajstić information content (AvgIpc) is 2.27. The number of allylic oxidation sites excluding steroid dienone is 1. The van der Waals surface area contributed by atoms with Gasteiger partial charge in [0.05, 0.1) is 5.60 Å². The van der Waals surface area contributed by atoms with E-state index in [0.29, 0.717) is 12.1 Å². The summed E-state index contributed by atoms with van der Waals surface area (Å²) in [5.74, 6) is 0. The van der Waals surface area contributed by atoms with Crippen LogP contribution in [0.5, 0.6) is 0 Å². The van der Waals surface area contributed by atoms with Gasteiger partial charge in [0, 0.05) is 29.3 Å². The van der Waals surface area contributed by atoms with E-state index >= 15 is 0 Å². The average molecular weight is 326 g/mol. The second-order valence-electron chi connectivity index (χ2n) is 5.35. The number of aliphatic hydroxyl groups is 1. The molecule has 0 radical (unpaired) electrons. The highest BCUT2D eigenvalue weighted by molar-refractivity contribution is 9.10. The Hall–Kier alpha value is -1.13. The number of aldehydes is 1. The lowest BCUT2D eigenvalue weighted by Crippen LogP contribution is -2.35. The highest BCUT2D eigenvalue weighted by atomic mass is 79.9. The first-order valence-electron chi connectivity index (χ1n) is 6.09. The molecular formula is C15H20BrNO2. The van der Waals surface area contributed by atoms with E-state index in [1.807, 2.05) is 37.1 Å².